The van der Waals surface area contributed by atoms with Crippen LogP contribution in [0.25, 0.3) is 0 Å². The number of hydrogen-bond acceptors (Lipinski definition) is 8. The average molecular weight is 610 g/mol. The van der Waals surface area contributed by atoms with Crippen LogP contribution in [0.15, 0.2) is 12.1 Å². The van der Waals surface area contributed by atoms with Gasteiger partial charge < -0.3 is 25.0 Å². The third kappa shape index (κ3) is 5.43. The lowest BCUT2D eigenvalue weighted by Gasteiger charge is -2.31. The zero-order valence-electron chi connectivity index (χ0n) is 24.9. The molecule has 10 nitrogen and oxygen atoms in total. The van der Waals surface area contributed by atoms with E-state index in [4.69, 9.17) is 20.3 Å². The number of aryl methyl sites for hydroxylation is 1. The van der Waals surface area contributed by atoms with Crippen molar-refractivity contribution in [2.75, 3.05) is 37.4 Å². The number of fused-ring (bicyclic) bond motifs is 2. The highest BCUT2D eigenvalue weighted by Gasteiger charge is 2.40. The van der Waals surface area contributed by atoms with Crippen molar-refractivity contribution in [2.24, 2.45) is 0 Å². The van der Waals surface area contributed by atoms with E-state index in [9.17, 15) is 18.0 Å². The van der Waals surface area contributed by atoms with Crippen molar-refractivity contribution in [1.29, 1.82) is 0 Å². The first-order valence-electron chi connectivity index (χ1n) is 14.7. The lowest BCUT2D eigenvalue weighted by Crippen LogP contribution is -2.30. The molecular formula is C31H34F3N7O3. The number of nitrogens with two attached hydrogens (primary N) is 1. The molecule has 3 aromatic rings. The van der Waals surface area contributed by atoms with Gasteiger partial charge in [0.2, 0.25) is 0 Å². The molecule has 0 radical (unpaired) electrons. The normalized spacial score (nSPS) is 18.3. The number of aromatic nitrogens is 4. The van der Waals surface area contributed by atoms with E-state index in [1.54, 1.807) is 0 Å². The highest BCUT2D eigenvalue weighted by molar-refractivity contribution is 5.94. The fraction of sp³-hybridized carbons (Fsp3) is 0.484. The van der Waals surface area contributed by atoms with E-state index in [2.05, 4.69) is 26.7 Å². The number of methoxy groups -OCH3 is 1. The highest BCUT2D eigenvalue weighted by atomic mass is 19.4. The maximum Gasteiger partial charge on any atom is 0.417 e. The molecule has 13 heteroatoms. The van der Waals surface area contributed by atoms with E-state index in [1.807, 2.05) is 16.5 Å². The zero-order chi connectivity index (χ0) is 31.2. The maximum atomic E-state index is 14.3. The summed E-state index contributed by atoms with van der Waals surface area (Å²) in [6.45, 7) is 6.60. The first-order valence-corrected chi connectivity index (χ1v) is 14.7. The molecule has 5 heterocycles. The minimum atomic E-state index is -4.66. The number of carbonyl (C=O) groups is 1. The summed E-state index contributed by atoms with van der Waals surface area (Å²) in [5.74, 6) is 5.65. The second-order valence-corrected chi connectivity index (χ2v) is 11.3. The summed E-state index contributed by atoms with van der Waals surface area (Å²) in [4.78, 5) is 26.4. The number of likely N-dealkylation sites (tertiary alicyclic amines) is 1. The van der Waals surface area contributed by atoms with Crippen LogP contribution in [0.5, 0.6) is 6.01 Å². The van der Waals surface area contributed by atoms with Crippen LogP contribution in [0.2, 0.25) is 0 Å². The molecule has 1 saturated heterocycles. The van der Waals surface area contributed by atoms with Gasteiger partial charge in [0.05, 0.1) is 43.3 Å². The molecule has 0 aliphatic carbocycles. The van der Waals surface area contributed by atoms with Gasteiger partial charge in [0.25, 0.3) is 5.91 Å². The molecule has 6 rings (SSSR count). The SMILES string of the molecule is CC#Cc1cc(N)cc(C2Cc3nc(OC)nc(N4CCCn5nc(C(=O)N6CCCC6)c(C)c5C4)c3CO2)c1C(F)(F)F. The number of hydrogen-bond donors (Lipinski definition) is 1. The molecule has 2 aromatic heterocycles. The van der Waals surface area contributed by atoms with Gasteiger partial charge in [0, 0.05) is 55.0 Å². The van der Waals surface area contributed by atoms with Gasteiger partial charge in [0.1, 0.15) is 5.82 Å². The smallest absolute Gasteiger partial charge is 0.417 e. The number of halogens is 3. The van der Waals surface area contributed by atoms with Crippen molar-refractivity contribution in [3.05, 3.63) is 57.0 Å². The van der Waals surface area contributed by atoms with Crippen LogP contribution >= 0.6 is 0 Å². The number of benzene rings is 1. The summed E-state index contributed by atoms with van der Waals surface area (Å²) in [6, 6.07) is 2.65. The van der Waals surface area contributed by atoms with E-state index in [0.29, 0.717) is 42.4 Å². The molecule has 0 bridgehead atoms. The van der Waals surface area contributed by atoms with Crippen LogP contribution in [0.3, 0.4) is 0 Å². The lowest BCUT2D eigenvalue weighted by atomic mass is 9.91. The Morgan fingerprint density at radius 2 is 1.91 bits per heavy atom. The number of ether oxygens (including phenoxy) is 2. The van der Waals surface area contributed by atoms with Crippen LogP contribution < -0.4 is 15.4 Å². The van der Waals surface area contributed by atoms with E-state index in [1.165, 1.54) is 26.2 Å². The van der Waals surface area contributed by atoms with Gasteiger partial charge in [0.15, 0.2) is 5.69 Å². The fourth-order valence-electron chi connectivity index (χ4n) is 6.37. The van der Waals surface area contributed by atoms with Crippen molar-refractivity contribution in [3.8, 4) is 17.9 Å². The van der Waals surface area contributed by atoms with Crippen molar-refractivity contribution in [2.45, 2.75) is 71.5 Å². The Morgan fingerprint density at radius 3 is 2.61 bits per heavy atom. The van der Waals surface area contributed by atoms with Crippen LogP contribution in [-0.2, 0) is 37.0 Å². The van der Waals surface area contributed by atoms with Crippen LogP contribution in [0.1, 0.15) is 82.0 Å². The Bertz CT molecular complexity index is 1670. The maximum absolute atomic E-state index is 14.3. The molecule has 232 valence electrons. The summed E-state index contributed by atoms with van der Waals surface area (Å²) in [7, 11) is 1.45. The first-order chi connectivity index (χ1) is 21.1. The molecule has 1 fully saturated rings. The summed E-state index contributed by atoms with van der Waals surface area (Å²) in [6.07, 6.45) is -2.82. The van der Waals surface area contributed by atoms with E-state index >= 15 is 0 Å². The Kier molecular flexibility index (Phi) is 7.88. The van der Waals surface area contributed by atoms with Crippen molar-refractivity contribution in [3.63, 3.8) is 0 Å². The summed E-state index contributed by atoms with van der Waals surface area (Å²) >= 11 is 0. The van der Waals surface area contributed by atoms with Gasteiger partial charge in [-0.05, 0) is 50.8 Å². The fourth-order valence-corrected chi connectivity index (χ4v) is 6.37. The van der Waals surface area contributed by atoms with Gasteiger partial charge in [-0.25, -0.2) is 0 Å². The van der Waals surface area contributed by atoms with Crippen LogP contribution in [0.4, 0.5) is 24.7 Å². The van der Waals surface area contributed by atoms with E-state index in [0.717, 1.165) is 43.6 Å². The molecule has 1 amide bonds. The van der Waals surface area contributed by atoms with E-state index in [-0.39, 0.29) is 41.8 Å². The van der Waals surface area contributed by atoms with Gasteiger partial charge in [-0.2, -0.15) is 28.2 Å². The quantitative estimate of drug-likeness (QED) is 0.342. The van der Waals surface area contributed by atoms with Gasteiger partial charge in [-0.15, -0.1) is 5.92 Å². The number of nitrogen functional groups attached to an aromatic ring is 1. The van der Waals surface area contributed by atoms with Crippen LogP contribution in [0, 0.1) is 18.8 Å². The number of carbonyl (C=O) groups excluding carboxylic acids is 1. The number of amides is 1. The number of anilines is 2. The van der Waals surface area contributed by atoms with Crippen LogP contribution in [-0.4, -0.2) is 57.3 Å². The molecule has 44 heavy (non-hydrogen) atoms. The Hall–Kier alpha value is -4.31. The predicted molar refractivity (Wildman–Crippen MR) is 156 cm³/mol. The van der Waals surface area contributed by atoms with Gasteiger partial charge in [-0.3, -0.25) is 9.48 Å². The number of alkyl halides is 3. The molecule has 3 aliphatic heterocycles. The topological polar surface area (TPSA) is 112 Å². The second kappa shape index (κ2) is 11.6. The molecule has 0 spiro atoms. The Labute approximate surface area is 253 Å². The standard InChI is InChI=1S/C31H34F3N7O3/c1-4-8-19-13-20(35)14-21(26(19)31(32,33)34)25-15-23-22(17-44-25)28(37-30(36-23)43-3)40-11-7-12-41-24(16-40)18(2)27(38-41)29(42)39-9-5-6-10-39/h13-14,25H,5-7,9-12,15-17,35H2,1-3H3. The highest BCUT2D eigenvalue weighted by Crippen LogP contribution is 2.43. The third-order valence-electron chi connectivity index (χ3n) is 8.48. The molecule has 1 unspecified atom stereocenters. The number of rotatable bonds is 4. The summed E-state index contributed by atoms with van der Waals surface area (Å²) in [5, 5.41) is 4.71. The minimum Gasteiger partial charge on any atom is -0.467 e. The Morgan fingerprint density at radius 1 is 1.14 bits per heavy atom. The van der Waals surface area contributed by atoms with Crippen molar-refractivity contribution < 1.29 is 27.4 Å². The molecule has 0 saturated carbocycles. The second-order valence-electron chi connectivity index (χ2n) is 11.3. The summed E-state index contributed by atoms with van der Waals surface area (Å²) in [5.41, 5.74) is 8.53. The average Bonchev–Trinajstić information content (AvgIpc) is 3.57. The molecular weight excluding hydrogens is 575 g/mol. The monoisotopic (exact) mass is 609 g/mol. The molecule has 3 aliphatic rings. The number of nitrogens with zero attached hydrogens (tertiary/aromatic N) is 6. The van der Waals surface area contributed by atoms with E-state index < -0.39 is 17.8 Å². The minimum absolute atomic E-state index is 0.00630. The molecule has 2 N–H and O–H groups in total. The van der Waals surface area contributed by atoms with Gasteiger partial charge >= 0.3 is 12.2 Å². The zero-order valence-corrected chi connectivity index (χ0v) is 24.9. The molecule has 1 aromatic carbocycles. The lowest BCUT2D eigenvalue weighted by molar-refractivity contribution is -0.140. The third-order valence-corrected chi connectivity index (χ3v) is 8.48. The van der Waals surface area contributed by atoms with Gasteiger partial charge in [-0.1, -0.05) is 5.92 Å². The largest absolute Gasteiger partial charge is 0.467 e. The molecule has 1 atom stereocenters. The first kappa shape index (κ1) is 29.7. The van der Waals surface area contributed by atoms with Crippen molar-refractivity contribution in [1.82, 2.24) is 24.6 Å². The summed E-state index contributed by atoms with van der Waals surface area (Å²) < 4.78 is 56.4. The van der Waals surface area contributed by atoms with Crippen molar-refractivity contribution >= 4 is 17.4 Å². The predicted octanol–water partition coefficient (Wildman–Crippen LogP) is 4.42. The Balaban J connectivity index is 1.35.